The van der Waals surface area contributed by atoms with Crippen LogP contribution >= 0.6 is 0 Å². The van der Waals surface area contributed by atoms with Gasteiger partial charge in [0.2, 0.25) is 0 Å². The second kappa shape index (κ2) is 14.6. The third-order valence-corrected chi connectivity index (χ3v) is 6.42. The molecule has 2 N–H and O–H groups in total. The lowest BCUT2D eigenvalue weighted by atomic mass is 10.2. The van der Waals surface area contributed by atoms with Crippen LogP contribution in [-0.2, 0) is 9.47 Å². The molecule has 1 aliphatic heterocycles. The Morgan fingerprint density at radius 2 is 1.07 bits per heavy atom. The number of ether oxygens (including phenoxy) is 4. The van der Waals surface area contributed by atoms with Crippen LogP contribution < -0.4 is 20.3 Å². The van der Waals surface area contributed by atoms with Gasteiger partial charge in [-0.05, 0) is 74.5 Å². The Bertz CT molecular complexity index is 1490. The standard InChI is InChI=1S/C32H30N6O6/c1-21(25-5-3-15-33-19-25)35-37-29(39)23-7-11-27(12-8-23)43-31-32(42-18-17-41-31)44-28-13-9-24(10-14-28)30(40)38-36-22(2)26-6-4-16-34-20-26/h3-16,19-20,31-32H,17-18H2,1-2H3,(H,37,39)(H,38,40)/b35-21+,36-22+. The maximum absolute atomic E-state index is 12.6. The highest BCUT2D eigenvalue weighted by Gasteiger charge is 2.31. The van der Waals surface area contributed by atoms with Crippen LogP contribution in [0.3, 0.4) is 0 Å². The quantitative estimate of drug-likeness (QED) is 0.207. The smallest absolute Gasteiger partial charge is 0.271 e. The van der Waals surface area contributed by atoms with Crippen molar-refractivity contribution in [2.75, 3.05) is 13.2 Å². The molecule has 1 fully saturated rings. The van der Waals surface area contributed by atoms with E-state index in [0.717, 1.165) is 11.1 Å². The minimum absolute atomic E-state index is 0.317. The molecule has 0 bridgehead atoms. The van der Waals surface area contributed by atoms with Crippen LogP contribution in [0.2, 0.25) is 0 Å². The van der Waals surface area contributed by atoms with E-state index in [4.69, 9.17) is 18.9 Å². The zero-order valence-electron chi connectivity index (χ0n) is 24.0. The second-order valence-electron chi connectivity index (χ2n) is 9.52. The minimum Gasteiger partial charge on any atom is -0.458 e. The molecule has 1 aliphatic rings. The summed E-state index contributed by atoms with van der Waals surface area (Å²) in [4.78, 5) is 33.2. The molecule has 224 valence electrons. The van der Waals surface area contributed by atoms with E-state index in [1.807, 2.05) is 12.1 Å². The van der Waals surface area contributed by atoms with Gasteiger partial charge in [-0.3, -0.25) is 19.6 Å². The first kappa shape index (κ1) is 30.0. The molecule has 5 rings (SSSR count). The molecule has 0 aliphatic carbocycles. The van der Waals surface area contributed by atoms with Gasteiger partial charge in [-0.15, -0.1) is 0 Å². The van der Waals surface area contributed by atoms with Gasteiger partial charge >= 0.3 is 0 Å². The number of hydrogen-bond acceptors (Lipinski definition) is 10. The molecule has 1 saturated heterocycles. The zero-order chi connectivity index (χ0) is 30.7. The molecule has 2 aromatic heterocycles. The summed E-state index contributed by atoms with van der Waals surface area (Å²) in [6.07, 6.45) is 4.93. The van der Waals surface area contributed by atoms with Crippen LogP contribution in [0.5, 0.6) is 11.5 Å². The van der Waals surface area contributed by atoms with Gasteiger partial charge in [0, 0.05) is 47.0 Å². The second-order valence-corrected chi connectivity index (χ2v) is 9.52. The van der Waals surface area contributed by atoms with E-state index in [1.54, 1.807) is 99.3 Å². The number of carbonyl (C=O) groups excluding carboxylic acids is 2. The molecule has 2 amide bonds. The van der Waals surface area contributed by atoms with Crippen molar-refractivity contribution >= 4 is 23.2 Å². The summed E-state index contributed by atoms with van der Waals surface area (Å²) in [6, 6.07) is 20.4. The summed E-state index contributed by atoms with van der Waals surface area (Å²) in [7, 11) is 0. The summed E-state index contributed by atoms with van der Waals surface area (Å²) < 4.78 is 23.4. The molecule has 0 saturated carbocycles. The molecule has 3 heterocycles. The van der Waals surface area contributed by atoms with Gasteiger partial charge in [0.05, 0.1) is 24.6 Å². The molecule has 12 nitrogen and oxygen atoms in total. The van der Waals surface area contributed by atoms with Gasteiger partial charge in [0.25, 0.3) is 24.4 Å². The SMILES string of the molecule is C/C(=N\NC(=O)c1ccc(OC2OCCOC2Oc2ccc(C(=O)N/N=C(\C)c3cccnc3)cc2)cc1)c1cccnc1. The first-order valence-corrected chi connectivity index (χ1v) is 13.7. The van der Waals surface area contributed by atoms with E-state index in [0.29, 0.717) is 47.3 Å². The Kier molecular flexibility index (Phi) is 9.98. The van der Waals surface area contributed by atoms with Crippen LogP contribution in [0, 0.1) is 0 Å². The van der Waals surface area contributed by atoms with Crippen molar-refractivity contribution in [1.82, 2.24) is 20.8 Å². The molecular weight excluding hydrogens is 564 g/mol. The number of nitrogens with zero attached hydrogens (tertiary/aromatic N) is 4. The topological polar surface area (TPSA) is 146 Å². The highest BCUT2D eigenvalue weighted by Crippen LogP contribution is 2.22. The monoisotopic (exact) mass is 594 g/mol. The first-order chi connectivity index (χ1) is 21.5. The number of rotatable bonds is 10. The maximum atomic E-state index is 12.6. The Morgan fingerprint density at radius 3 is 1.43 bits per heavy atom. The van der Waals surface area contributed by atoms with Crippen LogP contribution in [0.4, 0.5) is 0 Å². The largest absolute Gasteiger partial charge is 0.458 e. The molecule has 12 heteroatoms. The van der Waals surface area contributed by atoms with Crippen LogP contribution in [-0.4, -0.2) is 59.0 Å². The zero-order valence-corrected chi connectivity index (χ0v) is 24.0. The first-order valence-electron chi connectivity index (χ1n) is 13.7. The van der Waals surface area contributed by atoms with Crippen molar-refractivity contribution in [3.63, 3.8) is 0 Å². The number of aromatic nitrogens is 2. The normalized spacial score (nSPS) is 17.0. The molecular formula is C32H30N6O6. The van der Waals surface area contributed by atoms with Gasteiger partial charge in [-0.25, -0.2) is 10.9 Å². The molecule has 44 heavy (non-hydrogen) atoms. The fraction of sp³-hybridized carbons (Fsp3) is 0.188. The van der Waals surface area contributed by atoms with E-state index in [-0.39, 0.29) is 11.8 Å². The van der Waals surface area contributed by atoms with Crippen LogP contribution in [0.15, 0.2) is 108 Å². The summed E-state index contributed by atoms with van der Waals surface area (Å²) in [5, 5.41) is 8.28. The van der Waals surface area contributed by atoms with Crippen molar-refractivity contribution in [3.8, 4) is 11.5 Å². The van der Waals surface area contributed by atoms with Gasteiger partial charge in [0.15, 0.2) is 0 Å². The number of amides is 2. The molecule has 2 unspecified atom stereocenters. The average molecular weight is 595 g/mol. The molecule has 2 aromatic carbocycles. The number of hydrazone groups is 2. The maximum Gasteiger partial charge on any atom is 0.271 e. The van der Waals surface area contributed by atoms with Crippen LogP contribution in [0.1, 0.15) is 45.7 Å². The van der Waals surface area contributed by atoms with Crippen molar-refractivity contribution in [1.29, 1.82) is 0 Å². The summed E-state index contributed by atoms with van der Waals surface area (Å²) in [6.45, 7) is 4.20. The molecule has 2 atom stereocenters. The minimum atomic E-state index is -0.872. The number of benzene rings is 2. The number of pyridine rings is 2. The fourth-order valence-corrected chi connectivity index (χ4v) is 3.98. The van der Waals surface area contributed by atoms with E-state index < -0.39 is 12.6 Å². The predicted molar refractivity (Wildman–Crippen MR) is 161 cm³/mol. The molecule has 0 spiro atoms. The number of carbonyl (C=O) groups is 2. The lowest BCUT2D eigenvalue weighted by molar-refractivity contribution is -0.271. The van der Waals surface area contributed by atoms with E-state index in [1.165, 1.54) is 0 Å². The van der Waals surface area contributed by atoms with Gasteiger partial charge in [-0.1, -0.05) is 12.1 Å². The average Bonchev–Trinajstić information content (AvgIpc) is 3.08. The molecule has 4 aromatic rings. The lowest BCUT2D eigenvalue weighted by Gasteiger charge is -2.31. The van der Waals surface area contributed by atoms with Gasteiger partial charge in [-0.2, -0.15) is 10.2 Å². The Labute approximate surface area is 253 Å². The van der Waals surface area contributed by atoms with Gasteiger partial charge < -0.3 is 18.9 Å². The van der Waals surface area contributed by atoms with Crippen molar-refractivity contribution in [2.45, 2.75) is 26.4 Å². The Morgan fingerprint density at radius 1 is 0.659 bits per heavy atom. The van der Waals surface area contributed by atoms with Gasteiger partial charge in [0.1, 0.15) is 11.5 Å². The highest BCUT2D eigenvalue weighted by atomic mass is 16.8. The lowest BCUT2D eigenvalue weighted by Crippen LogP contribution is -2.45. The Balaban J connectivity index is 1.14. The third-order valence-electron chi connectivity index (χ3n) is 6.42. The van der Waals surface area contributed by atoms with E-state index in [9.17, 15) is 9.59 Å². The molecule has 0 radical (unpaired) electrons. The van der Waals surface area contributed by atoms with Crippen LogP contribution in [0.25, 0.3) is 0 Å². The van der Waals surface area contributed by atoms with E-state index in [2.05, 4.69) is 31.0 Å². The third kappa shape index (κ3) is 8.09. The summed E-state index contributed by atoms with van der Waals surface area (Å²) in [5.74, 6) is 0.168. The summed E-state index contributed by atoms with van der Waals surface area (Å²) >= 11 is 0. The fourth-order valence-electron chi connectivity index (χ4n) is 3.98. The van der Waals surface area contributed by atoms with Crippen molar-refractivity contribution in [3.05, 3.63) is 120 Å². The number of hydrogen-bond donors (Lipinski definition) is 2. The highest BCUT2D eigenvalue weighted by molar-refractivity contribution is 6.01. The Hall–Kier alpha value is -5.46. The summed E-state index contributed by atoms with van der Waals surface area (Å²) in [5.41, 5.74) is 8.76. The van der Waals surface area contributed by atoms with Crippen molar-refractivity contribution < 1.29 is 28.5 Å². The van der Waals surface area contributed by atoms with E-state index >= 15 is 0 Å². The number of nitrogens with one attached hydrogen (secondary N) is 2. The van der Waals surface area contributed by atoms with Crippen molar-refractivity contribution in [2.24, 2.45) is 10.2 Å². The predicted octanol–water partition coefficient (Wildman–Crippen LogP) is 3.94.